The molecule has 1 heterocycles. The topological polar surface area (TPSA) is 0 Å². The summed E-state index contributed by atoms with van der Waals surface area (Å²) in [5.41, 5.74) is 9.17. The highest BCUT2D eigenvalue weighted by Crippen LogP contribution is 2.52. The van der Waals surface area contributed by atoms with E-state index in [-0.39, 0.29) is 0 Å². The summed E-state index contributed by atoms with van der Waals surface area (Å²) < 4.78 is 0. The molecule has 0 N–H and O–H groups in total. The molecule has 1 heteroatoms. The Bertz CT molecular complexity index is 2610. The number of hydrogen-bond acceptors (Lipinski definition) is 1. The smallest absolute Gasteiger partial charge is 0.0207 e. The van der Waals surface area contributed by atoms with Gasteiger partial charge in [0.2, 0.25) is 0 Å². The third-order valence-corrected chi connectivity index (χ3v) is 10.9. The molecule has 0 bridgehead atoms. The van der Waals surface area contributed by atoms with E-state index in [0.29, 0.717) is 0 Å². The first kappa shape index (κ1) is 24.3. The van der Waals surface area contributed by atoms with E-state index in [2.05, 4.69) is 146 Å². The van der Waals surface area contributed by atoms with Gasteiger partial charge in [-0.25, -0.2) is 0 Å². The molecule has 0 fully saturated rings. The maximum Gasteiger partial charge on any atom is 0.0207 e. The zero-order valence-electron chi connectivity index (χ0n) is 24.2. The summed E-state index contributed by atoms with van der Waals surface area (Å²) in [5, 5.41) is 13.4. The highest BCUT2D eigenvalue weighted by Gasteiger charge is 2.24. The lowest BCUT2D eigenvalue weighted by atomic mass is 9.85. The third kappa shape index (κ3) is 3.31. The summed E-state index contributed by atoms with van der Waals surface area (Å²) >= 11 is 1.91. The molecule has 0 saturated heterocycles. The number of fused-ring (bicyclic) bond motifs is 4. The number of rotatable bonds is 2. The SMILES string of the molecule is Cc1c2c3c(cccc3c3cc(-c4ccc5ccc6cccc7ccc4c5c67)ccc13)Sc1cc(-c3ccccc3)ccc1-2. The molecular formula is C43H26S. The standard InChI is InChI=1S/C43H26S/c1-25-32-19-18-31(33-20-15-29-14-13-27-9-5-10-28-16-21-35(33)42(29)41(27)28)23-37(32)34-11-6-12-38-43(34)40(25)36-22-17-30(24-39(36)44-38)26-7-3-2-4-8-26/h2-24H,1H3. The summed E-state index contributed by atoms with van der Waals surface area (Å²) in [6.07, 6.45) is 0. The van der Waals surface area contributed by atoms with E-state index in [1.54, 1.807) is 0 Å². The quantitative estimate of drug-likeness (QED) is 0.185. The van der Waals surface area contributed by atoms with Crippen LogP contribution in [-0.2, 0) is 0 Å². The monoisotopic (exact) mass is 574 g/mol. The largest absolute Gasteiger partial charge is 0.0888 e. The van der Waals surface area contributed by atoms with Crippen molar-refractivity contribution >= 4 is 65.6 Å². The van der Waals surface area contributed by atoms with Gasteiger partial charge >= 0.3 is 0 Å². The first-order valence-corrected chi connectivity index (χ1v) is 16.1. The first-order valence-electron chi connectivity index (χ1n) is 15.3. The summed E-state index contributed by atoms with van der Waals surface area (Å²) in [6.45, 7) is 2.31. The highest BCUT2D eigenvalue weighted by atomic mass is 32.2. The van der Waals surface area contributed by atoms with Crippen LogP contribution in [0.2, 0.25) is 0 Å². The molecule has 1 aliphatic rings. The molecule has 0 saturated carbocycles. The maximum atomic E-state index is 2.44. The minimum absolute atomic E-state index is 1.26. The van der Waals surface area contributed by atoms with Crippen molar-refractivity contribution in [3.05, 3.63) is 145 Å². The number of benzene rings is 9. The third-order valence-electron chi connectivity index (χ3n) is 9.78. The summed E-state index contributed by atoms with van der Waals surface area (Å²) in [4.78, 5) is 2.67. The Morgan fingerprint density at radius 1 is 0.386 bits per heavy atom. The molecule has 0 aromatic heterocycles. The number of hydrogen-bond donors (Lipinski definition) is 0. The Hall–Kier alpha value is -5.11. The lowest BCUT2D eigenvalue weighted by Crippen LogP contribution is -1.98. The van der Waals surface area contributed by atoms with E-state index in [4.69, 9.17) is 0 Å². The molecule has 1 aliphatic heterocycles. The minimum atomic E-state index is 1.26. The Morgan fingerprint density at radius 2 is 1.09 bits per heavy atom. The fraction of sp³-hybridized carbons (Fsp3) is 0.0233. The van der Waals surface area contributed by atoms with Crippen LogP contribution in [0.25, 0.3) is 87.2 Å². The van der Waals surface area contributed by atoms with Gasteiger partial charge in [0.15, 0.2) is 0 Å². The Balaban J connectivity index is 1.21. The van der Waals surface area contributed by atoms with Crippen LogP contribution in [0.15, 0.2) is 149 Å². The van der Waals surface area contributed by atoms with Crippen LogP contribution in [-0.4, -0.2) is 0 Å². The molecule has 44 heavy (non-hydrogen) atoms. The van der Waals surface area contributed by atoms with Gasteiger partial charge in [-0.05, 0) is 113 Å². The molecule has 0 atom stereocenters. The molecule has 0 unspecified atom stereocenters. The van der Waals surface area contributed by atoms with Crippen molar-refractivity contribution in [3.8, 4) is 33.4 Å². The summed E-state index contributed by atoms with van der Waals surface area (Å²) in [5.74, 6) is 0. The predicted octanol–water partition coefficient (Wildman–Crippen LogP) is 12.7. The van der Waals surface area contributed by atoms with Gasteiger partial charge in [-0.3, -0.25) is 0 Å². The second kappa shape index (κ2) is 8.95. The molecular weight excluding hydrogens is 549 g/mol. The minimum Gasteiger partial charge on any atom is -0.0888 e. The van der Waals surface area contributed by atoms with E-state index in [1.807, 2.05) is 11.8 Å². The molecule has 10 rings (SSSR count). The molecule has 0 amide bonds. The van der Waals surface area contributed by atoms with Crippen molar-refractivity contribution in [1.29, 1.82) is 0 Å². The second-order valence-electron chi connectivity index (χ2n) is 12.1. The molecule has 9 aromatic rings. The second-order valence-corrected chi connectivity index (χ2v) is 13.2. The molecule has 0 nitrogen and oxygen atoms in total. The normalized spacial score (nSPS) is 12.6. The number of aryl methyl sites for hydroxylation is 1. The van der Waals surface area contributed by atoms with Gasteiger partial charge in [-0.1, -0.05) is 133 Å². The van der Waals surface area contributed by atoms with Crippen LogP contribution in [0.3, 0.4) is 0 Å². The van der Waals surface area contributed by atoms with E-state index < -0.39 is 0 Å². The van der Waals surface area contributed by atoms with Gasteiger partial charge in [0.05, 0.1) is 0 Å². The zero-order valence-corrected chi connectivity index (χ0v) is 25.0. The zero-order chi connectivity index (χ0) is 28.9. The lowest BCUT2D eigenvalue weighted by molar-refractivity contribution is 1.37. The summed E-state index contributed by atoms with van der Waals surface area (Å²) in [7, 11) is 0. The fourth-order valence-corrected chi connectivity index (χ4v) is 8.91. The van der Waals surface area contributed by atoms with Crippen molar-refractivity contribution in [2.75, 3.05) is 0 Å². The Kier molecular flexibility index (Phi) is 4.95. The van der Waals surface area contributed by atoms with E-state index in [0.717, 1.165) is 0 Å². The fourth-order valence-electron chi connectivity index (χ4n) is 7.75. The van der Waals surface area contributed by atoms with Gasteiger partial charge in [0, 0.05) is 15.2 Å². The van der Waals surface area contributed by atoms with Gasteiger partial charge in [0.25, 0.3) is 0 Å². The molecule has 0 aliphatic carbocycles. The molecule has 0 spiro atoms. The first-order chi connectivity index (χ1) is 21.7. The van der Waals surface area contributed by atoms with Crippen LogP contribution in [0.4, 0.5) is 0 Å². The van der Waals surface area contributed by atoms with Crippen molar-refractivity contribution in [2.24, 2.45) is 0 Å². The van der Waals surface area contributed by atoms with E-state index >= 15 is 0 Å². The molecule has 9 aromatic carbocycles. The van der Waals surface area contributed by atoms with Crippen molar-refractivity contribution < 1.29 is 0 Å². The predicted molar refractivity (Wildman–Crippen MR) is 190 cm³/mol. The maximum absolute atomic E-state index is 2.44. The van der Waals surface area contributed by atoms with Crippen LogP contribution in [0.1, 0.15) is 5.56 Å². The molecule has 204 valence electrons. The van der Waals surface area contributed by atoms with Gasteiger partial charge in [-0.15, -0.1) is 0 Å². The molecule has 0 radical (unpaired) electrons. The van der Waals surface area contributed by atoms with Gasteiger partial charge < -0.3 is 0 Å². The van der Waals surface area contributed by atoms with Gasteiger partial charge in [-0.2, -0.15) is 0 Å². The van der Waals surface area contributed by atoms with Crippen LogP contribution >= 0.6 is 11.8 Å². The average molecular weight is 575 g/mol. The average Bonchev–Trinajstić information content (AvgIpc) is 3.08. The highest BCUT2D eigenvalue weighted by molar-refractivity contribution is 7.99. The van der Waals surface area contributed by atoms with Crippen molar-refractivity contribution in [2.45, 2.75) is 16.7 Å². The van der Waals surface area contributed by atoms with Gasteiger partial charge in [0.1, 0.15) is 0 Å². The van der Waals surface area contributed by atoms with Crippen molar-refractivity contribution in [3.63, 3.8) is 0 Å². The lowest BCUT2D eigenvalue weighted by Gasteiger charge is -2.25. The Morgan fingerprint density at radius 3 is 1.95 bits per heavy atom. The summed E-state index contributed by atoms with van der Waals surface area (Å²) in [6, 6.07) is 52.1. The van der Waals surface area contributed by atoms with E-state index in [9.17, 15) is 0 Å². The van der Waals surface area contributed by atoms with Crippen LogP contribution in [0, 0.1) is 6.92 Å². The van der Waals surface area contributed by atoms with Crippen LogP contribution < -0.4 is 0 Å². The van der Waals surface area contributed by atoms with Crippen molar-refractivity contribution in [1.82, 2.24) is 0 Å². The Labute approximate surface area is 259 Å². The van der Waals surface area contributed by atoms with E-state index in [1.165, 1.54) is 103 Å². The van der Waals surface area contributed by atoms with Crippen LogP contribution in [0.5, 0.6) is 0 Å².